The SMILES string of the molecule is CCCOc1ccc([C@](O)(CCC)CCN2CCCCC2)cc1. The third kappa shape index (κ3) is 5.50. The summed E-state index contributed by atoms with van der Waals surface area (Å²) in [5.74, 6) is 0.894. The van der Waals surface area contributed by atoms with E-state index in [4.69, 9.17) is 4.74 Å². The van der Waals surface area contributed by atoms with Crippen molar-refractivity contribution in [2.75, 3.05) is 26.2 Å². The van der Waals surface area contributed by atoms with E-state index in [9.17, 15) is 5.11 Å². The number of aliphatic hydroxyl groups is 1. The van der Waals surface area contributed by atoms with Gasteiger partial charge in [-0.05, 0) is 62.9 Å². The van der Waals surface area contributed by atoms with Gasteiger partial charge < -0.3 is 14.7 Å². The van der Waals surface area contributed by atoms with Crippen molar-refractivity contribution in [2.45, 2.75) is 64.4 Å². The summed E-state index contributed by atoms with van der Waals surface area (Å²) in [6.07, 6.45) is 7.59. The van der Waals surface area contributed by atoms with Crippen LogP contribution >= 0.6 is 0 Å². The highest BCUT2D eigenvalue weighted by atomic mass is 16.5. The third-order valence-corrected chi connectivity index (χ3v) is 4.82. The molecule has 1 N–H and O–H groups in total. The van der Waals surface area contributed by atoms with Gasteiger partial charge in [0.15, 0.2) is 0 Å². The van der Waals surface area contributed by atoms with E-state index < -0.39 is 5.60 Å². The Labute approximate surface area is 141 Å². The summed E-state index contributed by atoms with van der Waals surface area (Å²) in [6.45, 7) is 8.36. The van der Waals surface area contributed by atoms with E-state index in [0.29, 0.717) is 0 Å². The lowest BCUT2D eigenvalue weighted by Gasteiger charge is -2.33. The van der Waals surface area contributed by atoms with Crippen LogP contribution in [-0.4, -0.2) is 36.2 Å². The fourth-order valence-electron chi connectivity index (χ4n) is 3.43. The Hall–Kier alpha value is -1.06. The van der Waals surface area contributed by atoms with E-state index in [-0.39, 0.29) is 0 Å². The molecular weight excluding hydrogens is 286 g/mol. The average Bonchev–Trinajstić information content (AvgIpc) is 2.60. The second kappa shape index (κ2) is 9.29. The Morgan fingerprint density at radius 1 is 1.00 bits per heavy atom. The monoisotopic (exact) mass is 319 g/mol. The van der Waals surface area contributed by atoms with Crippen molar-refractivity contribution in [1.82, 2.24) is 4.90 Å². The first-order valence-electron chi connectivity index (χ1n) is 9.36. The smallest absolute Gasteiger partial charge is 0.119 e. The van der Waals surface area contributed by atoms with Crippen molar-refractivity contribution in [3.63, 3.8) is 0 Å². The van der Waals surface area contributed by atoms with Gasteiger partial charge in [0.1, 0.15) is 5.75 Å². The molecule has 1 fully saturated rings. The Balaban J connectivity index is 1.99. The molecule has 1 saturated heterocycles. The molecule has 0 spiro atoms. The largest absolute Gasteiger partial charge is 0.494 e. The number of nitrogens with zero attached hydrogens (tertiary/aromatic N) is 1. The molecule has 0 unspecified atom stereocenters. The summed E-state index contributed by atoms with van der Waals surface area (Å²) in [5, 5.41) is 11.2. The highest BCUT2D eigenvalue weighted by Gasteiger charge is 2.29. The van der Waals surface area contributed by atoms with E-state index in [2.05, 4.69) is 18.7 Å². The summed E-state index contributed by atoms with van der Waals surface area (Å²) >= 11 is 0. The zero-order valence-electron chi connectivity index (χ0n) is 14.9. The van der Waals surface area contributed by atoms with Crippen molar-refractivity contribution in [3.8, 4) is 5.75 Å². The maximum Gasteiger partial charge on any atom is 0.119 e. The van der Waals surface area contributed by atoms with E-state index >= 15 is 0 Å². The molecule has 1 aromatic carbocycles. The molecular formula is C20H33NO2. The topological polar surface area (TPSA) is 32.7 Å². The first kappa shape index (κ1) is 18.3. The second-order valence-corrected chi connectivity index (χ2v) is 6.81. The highest BCUT2D eigenvalue weighted by Crippen LogP contribution is 2.32. The molecule has 3 nitrogen and oxygen atoms in total. The molecule has 3 heteroatoms. The van der Waals surface area contributed by atoms with Crippen molar-refractivity contribution in [2.24, 2.45) is 0 Å². The van der Waals surface area contributed by atoms with Gasteiger partial charge in [-0.3, -0.25) is 0 Å². The van der Waals surface area contributed by atoms with Gasteiger partial charge in [-0.1, -0.05) is 38.8 Å². The van der Waals surface area contributed by atoms with Crippen LogP contribution in [0.4, 0.5) is 0 Å². The van der Waals surface area contributed by atoms with Crippen LogP contribution < -0.4 is 4.74 Å². The fourth-order valence-corrected chi connectivity index (χ4v) is 3.43. The number of piperidine rings is 1. The van der Waals surface area contributed by atoms with Gasteiger partial charge in [0.05, 0.1) is 12.2 Å². The predicted octanol–water partition coefficient (Wildman–Crippen LogP) is 4.34. The van der Waals surface area contributed by atoms with Crippen molar-refractivity contribution in [3.05, 3.63) is 29.8 Å². The first-order valence-corrected chi connectivity index (χ1v) is 9.36. The van der Waals surface area contributed by atoms with E-state index in [1.165, 1.54) is 32.4 Å². The number of rotatable bonds is 9. The number of hydrogen-bond donors (Lipinski definition) is 1. The normalized spacial score (nSPS) is 18.6. The standard InChI is InChI=1S/C20H33NO2/c1-3-12-20(22,13-16-21-14-6-5-7-15-21)18-8-10-19(11-9-18)23-17-4-2/h8-11,22H,3-7,12-17H2,1-2H3/t20-/m0/s1. The lowest BCUT2D eigenvalue weighted by molar-refractivity contribution is 0.00642. The minimum Gasteiger partial charge on any atom is -0.494 e. The lowest BCUT2D eigenvalue weighted by atomic mass is 9.86. The molecule has 0 amide bonds. The van der Waals surface area contributed by atoms with E-state index in [0.717, 1.165) is 50.1 Å². The number of likely N-dealkylation sites (tertiary alicyclic amines) is 1. The maximum absolute atomic E-state index is 11.2. The molecule has 1 aliphatic heterocycles. The van der Waals surface area contributed by atoms with Crippen molar-refractivity contribution in [1.29, 1.82) is 0 Å². The molecule has 130 valence electrons. The summed E-state index contributed by atoms with van der Waals surface area (Å²) in [6, 6.07) is 8.06. The van der Waals surface area contributed by atoms with Gasteiger partial charge in [-0.15, -0.1) is 0 Å². The molecule has 0 aliphatic carbocycles. The summed E-state index contributed by atoms with van der Waals surface area (Å²) in [7, 11) is 0. The Kier molecular flexibility index (Phi) is 7.38. The van der Waals surface area contributed by atoms with Crippen LogP contribution in [0.25, 0.3) is 0 Å². The summed E-state index contributed by atoms with van der Waals surface area (Å²) in [4.78, 5) is 2.50. The van der Waals surface area contributed by atoms with Crippen LogP contribution in [0.1, 0.15) is 64.4 Å². The molecule has 23 heavy (non-hydrogen) atoms. The zero-order valence-corrected chi connectivity index (χ0v) is 14.9. The van der Waals surface area contributed by atoms with Crippen LogP contribution in [0, 0.1) is 0 Å². The average molecular weight is 319 g/mol. The molecule has 1 heterocycles. The molecule has 2 rings (SSSR count). The molecule has 1 atom stereocenters. The van der Waals surface area contributed by atoms with Gasteiger partial charge in [-0.25, -0.2) is 0 Å². The minimum atomic E-state index is -0.713. The summed E-state index contributed by atoms with van der Waals surface area (Å²) in [5.41, 5.74) is 0.315. The van der Waals surface area contributed by atoms with Gasteiger partial charge >= 0.3 is 0 Å². The Bertz CT molecular complexity index is 439. The minimum absolute atomic E-state index is 0.713. The summed E-state index contributed by atoms with van der Waals surface area (Å²) < 4.78 is 5.65. The second-order valence-electron chi connectivity index (χ2n) is 6.81. The van der Waals surface area contributed by atoms with Gasteiger partial charge in [0, 0.05) is 6.54 Å². The molecule has 1 aliphatic rings. The van der Waals surface area contributed by atoms with E-state index in [1.807, 2.05) is 24.3 Å². The third-order valence-electron chi connectivity index (χ3n) is 4.82. The van der Waals surface area contributed by atoms with Crippen molar-refractivity contribution < 1.29 is 9.84 Å². The highest BCUT2D eigenvalue weighted by molar-refractivity contribution is 5.31. The van der Waals surface area contributed by atoms with Crippen LogP contribution in [0.3, 0.4) is 0 Å². The molecule has 0 saturated carbocycles. The van der Waals surface area contributed by atoms with Crippen LogP contribution in [-0.2, 0) is 5.60 Å². The molecule has 0 aromatic heterocycles. The van der Waals surface area contributed by atoms with Gasteiger partial charge in [0.2, 0.25) is 0 Å². The quantitative estimate of drug-likeness (QED) is 0.735. The molecule has 0 radical (unpaired) electrons. The predicted molar refractivity (Wildman–Crippen MR) is 95.9 cm³/mol. The van der Waals surface area contributed by atoms with E-state index in [1.54, 1.807) is 0 Å². The Morgan fingerprint density at radius 2 is 1.70 bits per heavy atom. The Morgan fingerprint density at radius 3 is 2.30 bits per heavy atom. The first-order chi connectivity index (χ1) is 11.2. The molecule has 1 aromatic rings. The maximum atomic E-state index is 11.2. The number of hydrogen-bond acceptors (Lipinski definition) is 3. The number of benzene rings is 1. The van der Waals surface area contributed by atoms with Crippen LogP contribution in [0.15, 0.2) is 24.3 Å². The zero-order chi connectivity index (χ0) is 16.5. The van der Waals surface area contributed by atoms with Crippen molar-refractivity contribution >= 4 is 0 Å². The molecule has 0 bridgehead atoms. The fraction of sp³-hybridized carbons (Fsp3) is 0.700. The van der Waals surface area contributed by atoms with Gasteiger partial charge in [-0.2, -0.15) is 0 Å². The van der Waals surface area contributed by atoms with Gasteiger partial charge in [0.25, 0.3) is 0 Å². The lowest BCUT2D eigenvalue weighted by Crippen LogP contribution is -2.36. The number of ether oxygens (including phenoxy) is 1. The van der Waals surface area contributed by atoms with Crippen LogP contribution in [0.5, 0.6) is 5.75 Å². The van der Waals surface area contributed by atoms with Crippen LogP contribution in [0.2, 0.25) is 0 Å².